The predicted molar refractivity (Wildman–Crippen MR) is 75.9 cm³/mol. The summed E-state index contributed by atoms with van der Waals surface area (Å²) in [4.78, 5) is 13.3. The molecule has 19 heavy (non-hydrogen) atoms. The first-order chi connectivity index (χ1) is 9.36. The number of aliphatic hydroxyl groups excluding tert-OH is 1. The van der Waals surface area contributed by atoms with Gasteiger partial charge in [0.15, 0.2) is 0 Å². The van der Waals surface area contributed by atoms with Gasteiger partial charge in [-0.2, -0.15) is 0 Å². The molecule has 0 spiro atoms. The maximum absolute atomic E-state index is 9.34. The lowest BCUT2D eigenvalue weighted by Crippen LogP contribution is -2.31. The molecular formula is C14H17N3OS. The quantitative estimate of drug-likeness (QED) is 0.929. The van der Waals surface area contributed by atoms with Gasteiger partial charge in [-0.1, -0.05) is 0 Å². The Morgan fingerprint density at radius 1 is 1.37 bits per heavy atom. The average Bonchev–Trinajstić information content (AvgIpc) is 3.09. The van der Waals surface area contributed by atoms with Crippen LogP contribution in [0.4, 0.5) is 0 Å². The fourth-order valence-corrected chi connectivity index (χ4v) is 3.53. The fourth-order valence-electron chi connectivity index (χ4n) is 2.54. The molecule has 0 aromatic carbocycles. The van der Waals surface area contributed by atoms with Crippen molar-refractivity contribution in [2.45, 2.75) is 25.4 Å². The molecule has 3 rings (SSSR count). The van der Waals surface area contributed by atoms with Gasteiger partial charge in [-0.05, 0) is 31.5 Å². The van der Waals surface area contributed by atoms with E-state index in [1.54, 1.807) is 29.9 Å². The van der Waals surface area contributed by atoms with Gasteiger partial charge in [-0.25, -0.2) is 0 Å². The SMILES string of the molecule is OC[C@@H]1CCCN1Cc1ccc(-c2cnccn2)s1. The van der Waals surface area contributed by atoms with E-state index in [0.29, 0.717) is 6.04 Å². The minimum absolute atomic E-state index is 0.266. The van der Waals surface area contributed by atoms with Crippen molar-refractivity contribution in [1.82, 2.24) is 14.9 Å². The van der Waals surface area contributed by atoms with Crippen LogP contribution in [0.2, 0.25) is 0 Å². The second-order valence-electron chi connectivity index (χ2n) is 4.81. The molecule has 1 aliphatic rings. The van der Waals surface area contributed by atoms with Crippen LogP contribution in [0.5, 0.6) is 0 Å². The second kappa shape index (κ2) is 5.77. The van der Waals surface area contributed by atoms with Gasteiger partial charge in [0.25, 0.3) is 0 Å². The lowest BCUT2D eigenvalue weighted by Gasteiger charge is -2.21. The van der Waals surface area contributed by atoms with Crippen molar-refractivity contribution in [2.24, 2.45) is 0 Å². The first-order valence-electron chi connectivity index (χ1n) is 6.57. The molecule has 0 radical (unpaired) electrons. The summed E-state index contributed by atoms with van der Waals surface area (Å²) < 4.78 is 0. The van der Waals surface area contributed by atoms with E-state index in [0.717, 1.165) is 30.1 Å². The average molecular weight is 275 g/mol. The van der Waals surface area contributed by atoms with Crippen molar-refractivity contribution in [2.75, 3.05) is 13.2 Å². The van der Waals surface area contributed by atoms with Crippen molar-refractivity contribution in [1.29, 1.82) is 0 Å². The summed E-state index contributed by atoms with van der Waals surface area (Å²) >= 11 is 1.76. The van der Waals surface area contributed by atoms with Gasteiger partial charge in [0.05, 0.1) is 23.4 Å². The molecule has 0 bridgehead atoms. The van der Waals surface area contributed by atoms with Crippen molar-refractivity contribution in [3.63, 3.8) is 0 Å². The Balaban J connectivity index is 1.72. The maximum Gasteiger partial charge on any atom is 0.0984 e. The third-order valence-corrected chi connectivity index (χ3v) is 4.64. The van der Waals surface area contributed by atoms with E-state index in [2.05, 4.69) is 27.0 Å². The van der Waals surface area contributed by atoms with E-state index in [4.69, 9.17) is 0 Å². The number of rotatable bonds is 4. The van der Waals surface area contributed by atoms with Crippen LogP contribution in [-0.4, -0.2) is 39.2 Å². The smallest absolute Gasteiger partial charge is 0.0984 e. The standard InChI is InChI=1S/C14H17N3OS/c18-10-11-2-1-7-17(11)9-12-3-4-14(19-12)13-8-15-5-6-16-13/h3-6,8,11,18H,1-2,7,9-10H2/t11-/m0/s1. The summed E-state index contributed by atoms with van der Waals surface area (Å²) in [6.07, 6.45) is 7.50. The van der Waals surface area contributed by atoms with Crippen molar-refractivity contribution < 1.29 is 5.11 Å². The normalized spacial score (nSPS) is 19.9. The summed E-state index contributed by atoms with van der Waals surface area (Å²) in [5.74, 6) is 0. The Bertz CT molecular complexity index is 528. The highest BCUT2D eigenvalue weighted by molar-refractivity contribution is 7.15. The van der Waals surface area contributed by atoms with E-state index >= 15 is 0 Å². The van der Waals surface area contributed by atoms with Crippen LogP contribution in [-0.2, 0) is 6.54 Å². The molecule has 0 unspecified atom stereocenters. The van der Waals surface area contributed by atoms with Crippen molar-refractivity contribution in [3.8, 4) is 10.6 Å². The van der Waals surface area contributed by atoms with Crippen LogP contribution in [0, 0.1) is 0 Å². The molecule has 5 heteroatoms. The highest BCUT2D eigenvalue weighted by atomic mass is 32.1. The van der Waals surface area contributed by atoms with Gasteiger partial charge < -0.3 is 5.11 Å². The second-order valence-corrected chi connectivity index (χ2v) is 5.97. The van der Waals surface area contributed by atoms with Crippen molar-refractivity contribution in [3.05, 3.63) is 35.6 Å². The van der Waals surface area contributed by atoms with E-state index in [-0.39, 0.29) is 6.61 Å². The summed E-state index contributed by atoms with van der Waals surface area (Å²) in [6, 6.07) is 4.59. The minimum atomic E-state index is 0.266. The zero-order valence-corrected chi connectivity index (χ0v) is 11.5. The summed E-state index contributed by atoms with van der Waals surface area (Å²) in [7, 11) is 0. The molecule has 1 fully saturated rings. The van der Waals surface area contributed by atoms with Gasteiger partial charge in [0.1, 0.15) is 0 Å². The number of nitrogens with zero attached hydrogens (tertiary/aromatic N) is 3. The van der Waals surface area contributed by atoms with Crippen LogP contribution >= 0.6 is 11.3 Å². The topological polar surface area (TPSA) is 49.2 Å². The molecule has 1 aliphatic heterocycles. The molecule has 0 saturated carbocycles. The Labute approximate surface area is 116 Å². The van der Waals surface area contributed by atoms with Crippen LogP contribution < -0.4 is 0 Å². The van der Waals surface area contributed by atoms with Gasteiger partial charge in [0, 0.05) is 29.9 Å². The number of aromatic nitrogens is 2. The van der Waals surface area contributed by atoms with Crippen LogP contribution in [0.15, 0.2) is 30.7 Å². The van der Waals surface area contributed by atoms with E-state index in [1.807, 2.05) is 0 Å². The predicted octanol–water partition coefficient (Wildman–Crippen LogP) is 2.16. The molecule has 2 aromatic heterocycles. The summed E-state index contributed by atoms with van der Waals surface area (Å²) in [5.41, 5.74) is 0.930. The van der Waals surface area contributed by atoms with Gasteiger partial charge in [0.2, 0.25) is 0 Å². The monoisotopic (exact) mass is 275 g/mol. The lowest BCUT2D eigenvalue weighted by atomic mass is 10.2. The molecule has 0 amide bonds. The molecule has 4 nitrogen and oxygen atoms in total. The first-order valence-corrected chi connectivity index (χ1v) is 7.38. The Morgan fingerprint density at radius 3 is 3.11 bits per heavy atom. The third-order valence-electron chi connectivity index (χ3n) is 3.55. The Kier molecular flexibility index (Phi) is 3.87. The maximum atomic E-state index is 9.34. The molecular weight excluding hydrogens is 258 g/mol. The zero-order valence-electron chi connectivity index (χ0n) is 10.7. The molecule has 2 aromatic rings. The largest absolute Gasteiger partial charge is 0.395 e. The molecule has 3 heterocycles. The molecule has 1 N–H and O–H groups in total. The van der Waals surface area contributed by atoms with Crippen molar-refractivity contribution >= 4 is 11.3 Å². The fraction of sp³-hybridized carbons (Fsp3) is 0.429. The molecule has 0 aliphatic carbocycles. The third kappa shape index (κ3) is 2.83. The Hall–Kier alpha value is -1.30. The molecule has 100 valence electrons. The van der Waals surface area contributed by atoms with Gasteiger partial charge in [-0.3, -0.25) is 14.9 Å². The number of hydrogen-bond donors (Lipinski definition) is 1. The highest BCUT2D eigenvalue weighted by Crippen LogP contribution is 2.28. The zero-order chi connectivity index (χ0) is 13.1. The summed E-state index contributed by atoms with van der Waals surface area (Å²) in [6.45, 7) is 2.28. The van der Waals surface area contributed by atoms with E-state index in [9.17, 15) is 5.11 Å². The number of hydrogen-bond acceptors (Lipinski definition) is 5. The lowest BCUT2D eigenvalue weighted by molar-refractivity contribution is 0.154. The molecule has 1 saturated heterocycles. The number of aliphatic hydroxyl groups is 1. The van der Waals surface area contributed by atoms with Gasteiger partial charge in [-0.15, -0.1) is 11.3 Å². The van der Waals surface area contributed by atoms with Crippen LogP contribution in [0.3, 0.4) is 0 Å². The van der Waals surface area contributed by atoms with E-state index in [1.165, 1.54) is 11.3 Å². The van der Waals surface area contributed by atoms with Crippen LogP contribution in [0.1, 0.15) is 17.7 Å². The first kappa shape index (κ1) is 12.7. The van der Waals surface area contributed by atoms with Crippen LogP contribution in [0.25, 0.3) is 10.6 Å². The number of thiophene rings is 1. The minimum Gasteiger partial charge on any atom is -0.395 e. The highest BCUT2D eigenvalue weighted by Gasteiger charge is 2.23. The molecule has 1 atom stereocenters. The van der Waals surface area contributed by atoms with Gasteiger partial charge >= 0.3 is 0 Å². The number of likely N-dealkylation sites (tertiary alicyclic amines) is 1. The Morgan fingerprint density at radius 2 is 2.32 bits per heavy atom. The summed E-state index contributed by atoms with van der Waals surface area (Å²) in [5, 5.41) is 9.34. The van der Waals surface area contributed by atoms with E-state index < -0.39 is 0 Å².